The first-order valence-electron chi connectivity index (χ1n) is 7.87. The van der Waals surface area contributed by atoms with Crippen LogP contribution < -0.4 is 22.3 Å². The number of aromatic nitrogens is 2. The molecule has 1 fully saturated rings. The molecule has 1 saturated carbocycles. The van der Waals surface area contributed by atoms with Crippen molar-refractivity contribution in [2.45, 2.75) is 52.0 Å². The van der Waals surface area contributed by atoms with Crippen molar-refractivity contribution in [3.63, 3.8) is 0 Å². The van der Waals surface area contributed by atoms with Crippen molar-refractivity contribution < 1.29 is 4.79 Å². The van der Waals surface area contributed by atoms with Crippen molar-refractivity contribution in [1.29, 1.82) is 0 Å². The molecule has 2 rings (SSSR count). The highest BCUT2D eigenvalue weighted by Gasteiger charge is 2.24. The third kappa shape index (κ3) is 3.08. The van der Waals surface area contributed by atoms with Crippen LogP contribution in [0, 0.1) is 5.92 Å². The van der Waals surface area contributed by atoms with Crippen molar-refractivity contribution in [2.75, 3.05) is 11.1 Å². The van der Waals surface area contributed by atoms with Gasteiger partial charge in [0.05, 0.1) is 0 Å². The van der Waals surface area contributed by atoms with E-state index in [9.17, 15) is 14.4 Å². The van der Waals surface area contributed by atoms with Crippen molar-refractivity contribution in [2.24, 2.45) is 13.0 Å². The molecule has 0 aromatic carbocycles. The highest BCUT2D eigenvalue weighted by Crippen LogP contribution is 2.25. The zero-order valence-corrected chi connectivity index (χ0v) is 13.2. The van der Waals surface area contributed by atoms with E-state index in [1.165, 1.54) is 11.6 Å². The Labute approximate surface area is 129 Å². The summed E-state index contributed by atoms with van der Waals surface area (Å²) in [5.74, 6) is -0.214. The van der Waals surface area contributed by atoms with E-state index < -0.39 is 11.2 Å². The largest absolute Gasteiger partial charge is 0.383 e. The normalized spacial score (nSPS) is 15.7. The second kappa shape index (κ2) is 6.81. The first kappa shape index (κ1) is 16.3. The third-order valence-electron chi connectivity index (χ3n) is 4.25. The van der Waals surface area contributed by atoms with Crippen LogP contribution in [-0.2, 0) is 18.4 Å². The molecular weight excluding hydrogens is 284 g/mol. The molecule has 1 amide bonds. The summed E-state index contributed by atoms with van der Waals surface area (Å²) in [5.41, 5.74) is 4.96. The smallest absolute Gasteiger partial charge is 0.332 e. The number of nitrogens with two attached hydrogens (primary N) is 1. The highest BCUT2D eigenvalue weighted by atomic mass is 16.2. The minimum atomic E-state index is -0.556. The molecule has 3 N–H and O–H groups in total. The molecule has 1 heterocycles. The lowest BCUT2D eigenvalue weighted by molar-refractivity contribution is -0.120. The molecular formula is C15H24N4O3. The van der Waals surface area contributed by atoms with E-state index in [-0.39, 0.29) is 23.3 Å². The maximum absolute atomic E-state index is 12.3. The van der Waals surface area contributed by atoms with E-state index in [1.807, 2.05) is 6.92 Å². The summed E-state index contributed by atoms with van der Waals surface area (Å²) in [4.78, 5) is 36.6. The SMILES string of the molecule is CCCn1c(N)c(NC(=O)C2CCCCC2)c(=O)n(C)c1=O. The van der Waals surface area contributed by atoms with Gasteiger partial charge in [0.15, 0.2) is 0 Å². The number of nitrogen functional groups attached to an aromatic ring is 1. The van der Waals surface area contributed by atoms with Crippen LogP contribution >= 0.6 is 0 Å². The van der Waals surface area contributed by atoms with Gasteiger partial charge in [0.2, 0.25) is 5.91 Å². The van der Waals surface area contributed by atoms with Crippen molar-refractivity contribution in [3.8, 4) is 0 Å². The van der Waals surface area contributed by atoms with Crippen LogP contribution in [0.5, 0.6) is 0 Å². The molecule has 1 aromatic heterocycles. The predicted octanol–water partition coefficient (Wildman–Crippen LogP) is 1.06. The Hall–Kier alpha value is -2.05. The number of hydrogen-bond acceptors (Lipinski definition) is 4. The Balaban J connectivity index is 2.36. The molecule has 0 aliphatic heterocycles. The lowest BCUT2D eigenvalue weighted by atomic mass is 9.88. The minimum Gasteiger partial charge on any atom is -0.383 e. The summed E-state index contributed by atoms with van der Waals surface area (Å²) in [7, 11) is 1.40. The van der Waals surface area contributed by atoms with Crippen LogP contribution in [0.15, 0.2) is 9.59 Å². The molecule has 0 spiro atoms. The maximum atomic E-state index is 12.3. The van der Waals surface area contributed by atoms with Crippen molar-refractivity contribution in [3.05, 3.63) is 20.8 Å². The quantitative estimate of drug-likeness (QED) is 0.868. The van der Waals surface area contributed by atoms with Crippen LogP contribution in [0.1, 0.15) is 45.4 Å². The zero-order chi connectivity index (χ0) is 16.3. The number of anilines is 2. The van der Waals surface area contributed by atoms with Gasteiger partial charge in [0.1, 0.15) is 11.5 Å². The van der Waals surface area contributed by atoms with Gasteiger partial charge < -0.3 is 11.1 Å². The van der Waals surface area contributed by atoms with Gasteiger partial charge in [0, 0.05) is 19.5 Å². The molecule has 0 atom stereocenters. The molecule has 0 saturated heterocycles. The van der Waals surface area contributed by atoms with Gasteiger partial charge in [-0.1, -0.05) is 26.2 Å². The summed E-state index contributed by atoms with van der Waals surface area (Å²) >= 11 is 0. The number of nitrogens with zero attached hydrogens (tertiary/aromatic N) is 2. The molecule has 1 aliphatic carbocycles. The Kier molecular flexibility index (Phi) is 5.05. The molecule has 0 unspecified atom stereocenters. The second-order valence-electron chi connectivity index (χ2n) is 5.88. The van der Waals surface area contributed by atoms with E-state index in [0.29, 0.717) is 13.0 Å². The highest BCUT2D eigenvalue weighted by molar-refractivity contribution is 5.94. The van der Waals surface area contributed by atoms with Crippen molar-refractivity contribution in [1.82, 2.24) is 9.13 Å². The topological polar surface area (TPSA) is 99.1 Å². The average Bonchev–Trinajstić information content (AvgIpc) is 2.54. The van der Waals surface area contributed by atoms with Gasteiger partial charge in [-0.2, -0.15) is 0 Å². The lowest BCUT2D eigenvalue weighted by Gasteiger charge is -2.21. The fourth-order valence-electron chi connectivity index (χ4n) is 2.93. The summed E-state index contributed by atoms with van der Waals surface area (Å²) in [6.07, 6.45) is 5.58. The fraction of sp³-hybridized carbons (Fsp3) is 0.667. The standard InChI is InChI=1S/C15H24N4O3/c1-3-9-19-12(16)11(14(21)18(2)15(19)22)17-13(20)10-7-5-4-6-8-10/h10H,3-9,16H2,1-2H3,(H,17,20). The second-order valence-corrected chi connectivity index (χ2v) is 5.88. The average molecular weight is 308 g/mol. The molecule has 0 radical (unpaired) electrons. The summed E-state index contributed by atoms with van der Waals surface area (Å²) in [6.45, 7) is 2.32. The summed E-state index contributed by atoms with van der Waals surface area (Å²) in [6, 6.07) is 0. The number of rotatable bonds is 4. The van der Waals surface area contributed by atoms with Gasteiger partial charge >= 0.3 is 5.69 Å². The molecule has 1 aromatic rings. The first-order valence-corrected chi connectivity index (χ1v) is 7.87. The van der Waals surface area contributed by atoms with E-state index in [0.717, 1.165) is 36.7 Å². The van der Waals surface area contributed by atoms with E-state index in [2.05, 4.69) is 5.32 Å². The van der Waals surface area contributed by atoms with E-state index in [4.69, 9.17) is 5.73 Å². The van der Waals surface area contributed by atoms with Crippen LogP contribution in [0.3, 0.4) is 0 Å². The van der Waals surface area contributed by atoms with E-state index >= 15 is 0 Å². The number of nitrogens with one attached hydrogen (secondary N) is 1. The molecule has 7 nitrogen and oxygen atoms in total. The third-order valence-corrected chi connectivity index (χ3v) is 4.25. The summed E-state index contributed by atoms with van der Waals surface area (Å²) in [5, 5.41) is 2.66. The Morgan fingerprint density at radius 1 is 1.27 bits per heavy atom. The molecule has 7 heteroatoms. The van der Waals surface area contributed by atoms with Gasteiger partial charge in [-0.25, -0.2) is 4.79 Å². The fourth-order valence-corrected chi connectivity index (χ4v) is 2.93. The lowest BCUT2D eigenvalue weighted by Crippen LogP contribution is -2.42. The minimum absolute atomic E-state index is 0.0196. The van der Waals surface area contributed by atoms with Gasteiger partial charge in [0.25, 0.3) is 5.56 Å². The van der Waals surface area contributed by atoms with Gasteiger partial charge in [-0.05, 0) is 19.3 Å². The monoisotopic (exact) mass is 308 g/mol. The van der Waals surface area contributed by atoms with Crippen LogP contribution in [0.4, 0.5) is 11.5 Å². The Morgan fingerprint density at radius 3 is 2.50 bits per heavy atom. The number of hydrogen-bond donors (Lipinski definition) is 2. The maximum Gasteiger partial charge on any atom is 0.332 e. The van der Waals surface area contributed by atoms with Gasteiger partial charge in [-0.15, -0.1) is 0 Å². The first-order chi connectivity index (χ1) is 10.5. The number of carbonyl (C=O) groups excluding carboxylic acids is 1. The molecule has 1 aliphatic rings. The Bertz CT molecular complexity index is 669. The predicted molar refractivity (Wildman–Crippen MR) is 85.9 cm³/mol. The number of amides is 1. The molecule has 0 bridgehead atoms. The molecule has 122 valence electrons. The van der Waals surface area contributed by atoms with Crippen LogP contribution in [0.25, 0.3) is 0 Å². The van der Waals surface area contributed by atoms with Gasteiger partial charge in [-0.3, -0.25) is 18.7 Å². The zero-order valence-electron chi connectivity index (χ0n) is 13.2. The number of carbonyl (C=O) groups is 1. The van der Waals surface area contributed by atoms with E-state index in [1.54, 1.807) is 0 Å². The van der Waals surface area contributed by atoms with Crippen LogP contribution in [0.2, 0.25) is 0 Å². The van der Waals surface area contributed by atoms with Crippen LogP contribution in [-0.4, -0.2) is 15.0 Å². The summed E-state index contributed by atoms with van der Waals surface area (Å²) < 4.78 is 2.32. The van der Waals surface area contributed by atoms with Crippen molar-refractivity contribution >= 4 is 17.4 Å². The Morgan fingerprint density at radius 2 is 1.91 bits per heavy atom. The molecule has 22 heavy (non-hydrogen) atoms.